The van der Waals surface area contributed by atoms with Crippen LogP contribution in [-0.2, 0) is 16.0 Å². The molecule has 1 aromatic heterocycles. The number of allylic oxidation sites excluding steroid dienone is 1. The molecule has 1 fully saturated rings. The molecule has 28 heavy (non-hydrogen) atoms. The lowest BCUT2D eigenvalue weighted by atomic mass is 9.80. The van der Waals surface area contributed by atoms with Crippen LogP contribution in [0.25, 0.3) is 11.1 Å². The summed E-state index contributed by atoms with van der Waals surface area (Å²) in [6, 6.07) is 8.71. The normalized spacial score (nSPS) is 20.6. The quantitative estimate of drug-likeness (QED) is 0.744. The predicted molar refractivity (Wildman–Crippen MR) is 101 cm³/mol. The molecule has 1 saturated heterocycles. The zero-order chi connectivity index (χ0) is 20.0. The first-order valence-corrected chi connectivity index (χ1v) is 10.7. The smallest absolute Gasteiger partial charge is 0.357 e. The summed E-state index contributed by atoms with van der Waals surface area (Å²) in [5.74, 6) is 0.976. The molecule has 148 valence electrons. The van der Waals surface area contributed by atoms with Gasteiger partial charge in [-0.15, -0.1) is 0 Å². The number of rotatable bonds is 2. The molecular weight excluding hydrogens is 389 g/mol. The van der Waals surface area contributed by atoms with Gasteiger partial charge in [0.25, 0.3) is 0 Å². The molecule has 1 aromatic carbocycles. The largest absolute Gasteiger partial charge is 0.416 e. The molecule has 2 aliphatic rings. The minimum absolute atomic E-state index is 0.189. The first-order chi connectivity index (χ1) is 13.2. The van der Waals surface area contributed by atoms with Crippen LogP contribution in [0.15, 0.2) is 54.1 Å². The van der Waals surface area contributed by atoms with Crippen molar-refractivity contribution in [2.45, 2.75) is 19.0 Å². The van der Waals surface area contributed by atoms with Crippen molar-refractivity contribution in [3.05, 3.63) is 59.6 Å². The van der Waals surface area contributed by atoms with E-state index in [1.807, 2.05) is 18.2 Å². The SMILES string of the molecule is O=S1(=O)C=CC2(CCN(c3ccc(-c4ccc(C(F)(F)F)cc4)cn3)CC2)C1. The number of hydrogen-bond acceptors (Lipinski definition) is 4. The summed E-state index contributed by atoms with van der Waals surface area (Å²) in [4.78, 5) is 6.57. The van der Waals surface area contributed by atoms with E-state index in [1.165, 1.54) is 17.5 Å². The van der Waals surface area contributed by atoms with E-state index in [2.05, 4.69) is 9.88 Å². The maximum absolute atomic E-state index is 12.7. The van der Waals surface area contributed by atoms with Gasteiger partial charge in [0.1, 0.15) is 5.82 Å². The highest BCUT2D eigenvalue weighted by molar-refractivity contribution is 7.94. The second-order valence-electron chi connectivity index (χ2n) is 7.44. The lowest BCUT2D eigenvalue weighted by molar-refractivity contribution is -0.137. The molecule has 2 aromatic rings. The van der Waals surface area contributed by atoms with Crippen LogP contribution in [0.5, 0.6) is 0 Å². The second kappa shape index (κ2) is 6.62. The van der Waals surface area contributed by atoms with Crippen molar-refractivity contribution in [1.29, 1.82) is 0 Å². The van der Waals surface area contributed by atoms with Gasteiger partial charge < -0.3 is 4.90 Å². The van der Waals surface area contributed by atoms with E-state index < -0.39 is 21.6 Å². The highest BCUT2D eigenvalue weighted by atomic mass is 32.2. The Balaban J connectivity index is 1.44. The molecule has 0 radical (unpaired) electrons. The summed E-state index contributed by atoms with van der Waals surface area (Å²) in [6.45, 7) is 1.43. The van der Waals surface area contributed by atoms with Crippen LogP contribution in [0, 0.1) is 5.41 Å². The lowest BCUT2D eigenvalue weighted by Crippen LogP contribution is -2.41. The van der Waals surface area contributed by atoms with E-state index >= 15 is 0 Å². The van der Waals surface area contributed by atoms with Crippen molar-refractivity contribution in [2.75, 3.05) is 23.7 Å². The van der Waals surface area contributed by atoms with Crippen LogP contribution in [-0.4, -0.2) is 32.2 Å². The average molecular weight is 408 g/mol. The van der Waals surface area contributed by atoms with Gasteiger partial charge >= 0.3 is 6.18 Å². The van der Waals surface area contributed by atoms with Crippen molar-refractivity contribution < 1.29 is 21.6 Å². The van der Waals surface area contributed by atoms with Gasteiger partial charge in [-0.05, 0) is 42.7 Å². The van der Waals surface area contributed by atoms with Crippen molar-refractivity contribution in [3.63, 3.8) is 0 Å². The first-order valence-electron chi connectivity index (χ1n) is 8.97. The monoisotopic (exact) mass is 408 g/mol. The van der Waals surface area contributed by atoms with Gasteiger partial charge in [0.05, 0.1) is 11.3 Å². The van der Waals surface area contributed by atoms with Gasteiger partial charge in [-0.3, -0.25) is 0 Å². The topological polar surface area (TPSA) is 50.3 Å². The second-order valence-corrected chi connectivity index (χ2v) is 9.33. The summed E-state index contributed by atoms with van der Waals surface area (Å²) in [5.41, 5.74) is 0.489. The zero-order valence-corrected chi connectivity index (χ0v) is 15.8. The van der Waals surface area contributed by atoms with E-state index in [1.54, 1.807) is 6.20 Å². The third kappa shape index (κ3) is 3.78. The number of sulfone groups is 1. The summed E-state index contributed by atoms with van der Waals surface area (Å²) in [6.07, 6.45) is 0.652. The Bertz CT molecular complexity index is 989. The van der Waals surface area contributed by atoms with Crippen LogP contribution in [0.4, 0.5) is 19.0 Å². The molecule has 0 atom stereocenters. The zero-order valence-electron chi connectivity index (χ0n) is 15.0. The molecule has 0 amide bonds. The van der Waals surface area contributed by atoms with Gasteiger partial charge in [-0.25, -0.2) is 13.4 Å². The predicted octanol–water partition coefficient (Wildman–Crippen LogP) is 4.30. The number of nitrogens with zero attached hydrogens (tertiary/aromatic N) is 2. The third-order valence-corrected chi connectivity index (χ3v) is 7.02. The van der Waals surface area contributed by atoms with Crippen LogP contribution >= 0.6 is 0 Å². The minimum Gasteiger partial charge on any atom is -0.357 e. The Morgan fingerprint density at radius 1 is 0.964 bits per heavy atom. The Morgan fingerprint density at radius 3 is 2.11 bits per heavy atom. The number of alkyl halides is 3. The molecule has 0 aliphatic carbocycles. The summed E-state index contributed by atoms with van der Waals surface area (Å²) < 4.78 is 61.5. The summed E-state index contributed by atoms with van der Waals surface area (Å²) in [7, 11) is -3.07. The molecule has 0 unspecified atom stereocenters. The molecule has 1 spiro atoms. The fourth-order valence-corrected chi connectivity index (χ4v) is 5.61. The molecule has 4 nitrogen and oxygen atoms in total. The lowest BCUT2D eigenvalue weighted by Gasteiger charge is -2.38. The first kappa shape index (κ1) is 19.0. The average Bonchev–Trinajstić information content (AvgIpc) is 2.96. The van der Waals surface area contributed by atoms with Crippen molar-refractivity contribution in [1.82, 2.24) is 4.98 Å². The molecular formula is C20H19F3N2O2S. The van der Waals surface area contributed by atoms with Crippen LogP contribution in [0.1, 0.15) is 18.4 Å². The maximum Gasteiger partial charge on any atom is 0.416 e. The Hall–Kier alpha value is -2.35. The third-order valence-electron chi connectivity index (χ3n) is 5.49. The van der Waals surface area contributed by atoms with Crippen LogP contribution < -0.4 is 4.90 Å². The number of aromatic nitrogens is 1. The highest BCUT2D eigenvalue weighted by Crippen LogP contribution is 2.40. The van der Waals surface area contributed by atoms with Crippen molar-refractivity contribution in [3.8, 4) is 11.1 Å². The fourth-order valence-electron chi connectivity index (χ4n) is 3.83. The van der Waals surface area contributed by atoms with Crippen LogP contribution in [0.3, 0.4) is 0 Å². The summed E-state index contributed by atoms with van der Waals surface area (Å²) >= 11 is 0. The van der Waals surface area contributed by atoms with Gasteiger partial charge in [0.2, 0.25) is 0 Å². The van der Waals surface area contributed by atoms with E-state index in [0.29, 0.717) is 18.7 Å². The highest BCUT2D eigenvalue weighted by Gasteiger charge is 2.40. The van der Waals surface area contributed by atoms with Gasteiger partial charge in [0.15, 0.2) is 9.84 Å². The molecule has 3 heterocycles. The molecule has 2 aliphatic heterocycles. The number of hydrogen-bond donors (Lipinski definition) is 0. The molecule has 0 saturated carbocycles. The number of piperidine rings is 1. The van der Waals surface area contributed by atoms with Gasteiger partial charge in [-0.1, -0.05) is 18.2 Å². The van der Waals surface area contributed by atoms with Crippen molar-refractivity contribution in [2.24, 2.45) is 5.41 Å². The molecule has 0 bridgehead atoms. The number of pyridine rings is 1. The van der Waals surface area contributed by atoms with Gasteiger partial charge in [0, 0.05) is 35.7 Å². The Labute approximate surface area is 161 Å². The maximum atomic E-state index is 12.7. The Kier molecular flexibility index (Phi) is 4.49. The van der Waals surface area contributed by atoms with Gasteiger partial charge in [-0.2, -0.15) is 13.2 Å². The summed E-state index contributed by atoms with van der Waals surface area (Å²) in [5, 5.41) is 1.33. The Morgan fingerprint density at radius 2 is 1.61 bits per heavy atom. The minimum atomic E-state index is -4.35. The standard InChI is InChI=1S/C20H19F3N2O2S/c21-20(22,23)17-4-1-15(2-5-17)16-3-6-18(24-13-16)25-10-7-19(8-11-25)9-12-28(26,27)14-19/h1-6,9,12-13H,7-8,10-11,14H2. The van der Waals surface area contributed by atoms with E-state index in [4.69, 9.17) is 0 Å². The van der Waals surface area contributed by atoms with Crippen LogP contribution in [0.2, 0.25) is 0 Å². The van der Waals surface area contributed by atoms with Crippen molar-refractivity contribution >= 4 is 15.7 Å². The molecule has 4 rings (SSSR count). The van der Waals surface area contributed by atoms with E-state index in [0.717, 1.165) is 36.4 Å². The fraction of sp³-hybridized carbons (Fsp3) is 0.350. The number of benzene rings is 1. The molecule has 8 heteroatoms. The van der Waals surface area contributed by atoms with E-state index in [9.17, 15) is 21.6 Å². The van der Waals surface area contributed by atoms with E-state index in [-0.39, 0.29) is 11.2 Å². The number of halogens is 3. The number of anilines is 1. The molecule has 0 N–H and O–H groups in total.